The minimum Gasteiger partial charge on any atom is -0.496 e. The molecule has 0 bridgehead atoms. The minimum atomic E-state index is 0. The molecule has 7 heteroatoms. The normalized spacial score (nSPS) is 11.0. The molecule has 0 fully saturated rings. The molecule has 2 aromatic carbocycles. The van der Waals surface area contributed by atoms with Gasteiger partial charge in [-0.05, 0) is 31.0 Å². The lowest BCUT2D eigenvalue weighted by atomic mass is 10.1. The summed E-state index contributed by atoms with van der Waals surface area (Å²) in [6, 6.07) is 16.6. The van der Waals surface area contributed by atoms with E-state index in [2.05, 4.69) is 70.4 Å². The van der Waals surface area contributed by atoms with Crippen molar-refractivity contribution in [1.29, 1.82) is 0 Å². The Labute approximate surface area is 202 Å². The number of nitrogens with zero attached hydrogens (tertiary/aromatic N) is 3. The molecule has 0 aliphatic heterocycles. The molecule has 0 amide bonds. The lowest BCUT2D eigenvalue weighted by Gasteiger charge is -2.13. The zero-order valence-corrected chi connectivity index (χ0v) is 20.8. The highest BCUT2D eigenvalue weighted by atomic mass is 127. The fraction of sp³-hybridized carbons (Fsp3) is 0.333. The van der Waals surface area contributed by atoms with Crippen molar-refractivity contribution in [2.45, 2.75) is 33.4 Å². The summed E-state index contributed by atoms with van der Waals surface area (Å²) in [5.74, 6) is 2.72. The molecule has 0 aliphatic rings. The van der Waals surface area contributed by atoms with E-state index in [-0.39, 0.29) is 24.0 Å². The molecule has 0 unspecified atom stereocenters. The second kappa shape index (κ2) is 13.0. The van der Waals surface area contributed by atoms with Crippen molar-refractivity contribution in [1.82, 2.24) is 20.2 Å². The first kappa shape index (κ1) is 24.7. The Bertz CT molecular complexity index is 956. The molecule has 6 nitrogen and oxygen atoms in total. The summed E-state index contributed by atoms with van der Waals surface area (Å²) in [5.41, 5.74) is 3.51. The largest absolute Gasteiger partial charge is 0.496 e. The second-order valence-corrected chi connectivity index (χ2v) is 7.14. The van der Waals surface area contributed by atoms with Crippen LogP contribution < -0.4 is 15.4 Å². The van der Waals surface area contributed by atoms with Crippen molar-refractivity contribution < 1.29 is 4.74 Å². The lowest BCUT2D eigenvalue weighted by Crippen LogP contribution is -2.38. The van der Waals surface area contributed by atoms with E-state index in [1.165, 1.54) is 11.1 Å². The Morgan fingerprint density at radius 1 is 1.13 bits per heavy atom. The van der Waals surface area contributed by atoms with Crippen LogP contribution in [0.15, 0.2) is 65.9 Å². The van der Waals surface area contributed by atoms with Crippen LogP contribution in [0.3, 0.4) is 0 Å². The average Bonchev–Trinajstić information content (AvgIpc) is 3.20. The molecule has 3 aromatic rings. The van der Waals surface area contributed by atoms with Crippen molar-refractivity contribution in [2.75, 3.05) is 20.2 Å². The van der Waals surface area contributed by atoms with Gasteiger partial charge in [-0.3, -0.25) is 0 Å². The van der Waals surface area contributed by atoms with Gasteiger partial charge in [-0.25, -0.2) is 9.98 Å². The third-order valence-electron chi connectivity index (χ3n) is 4.83. The van der Waals surface area contributed by atoms with Crippen molar-refractivity contribution in [3.8, 4) is 5.75 Å². The number of aliphatic imine (C=N–C) groups is 1. The van der Waals surface area contributed by atoms with Crippen LogP contribution in [-0.2, 0) is 19.5 Å². The smallest absolute Gasteiger partial charge is 0.191 e. The Morgan fingerprint density at radius 3 is 2.68 bits per heavy atom. The van der Waals surface area contributed by atoms with Crippen molar-refractivity contribution >= 4 is 29.9 Å². The van der Waals surface area contributed by atoms with E-state index in [0.29, 0.717) is 6.54 Å². The van der Waals surface area contributed by atoms with Gasteiger partial charge in [0.15, 0.2) is 5.96 Å². The van der Waals surface area contributed by atoms with Crippen molar-refractivity contribution in [2.24, 2.45) is 4.99 Å². The number of rotatable bonds is 9. The van der Waals surface area contributed by atoms with Gasteiger partial charge in [0, 0.05) is 44.0 Å². The van der Waals surface area contributed by atoms with Crippen LogP contribution in [0.4, 0.5) is 0 Å². The van der Waals surface area contributed by atoms with E-state index >= 15 is 0 Å². The van der Waals surface area contributed by atoms with Gasteiger partial charge in [-0.2, -0.15) is 0 Å². The number of methoxy groups -OCH3 is 1. The van der Waals surface area contributed by atoms with Gasteiger partial charge in [-0.15, -0.1) is 24.0 Å². The molecule has 0 atom stereocenters. The summed E-state index contributed by atoms with van der Waals surface area (Å²) >= 11 is 0. The van der Waals surface area contributed by atoms with Gasteiger partial charge in [-0.1, -0.05) is 42.5 Å². The Kier molecular flexibility index (Phi) is 10.4. The van der Waals surface area contributed by atoms with Gasteiger partial charge < -0.3 is 19.9 Å². The fourth-order valence-corrected chi connectivity index (χ4v) is 3.27. The maximum atomic E-state index is 5.49. The molecule has 0 radical (unpaired) electrons. The number of aromatic nitrogens is 2. The number of ether oxygens (including phenoxy) is 1. The van der Waals surface area contributed by atoms with Crippen LogP contribution in [0.1, 0.15) is 29.4 Å². The summed E-state index contributed by atoms with van der Waals surface area (Å²) in [5, 5.41) is 6.72. The van der Waals surface area contributed by atoms with Gasteiger partial charge in [0.25, 0.3) is 0 Å². The van der Waals surface area contributed by atoms with Crippen LogP contribution in [0, 0.1) is 6.92 Å². The summed E-state index contributed by atoms with van der Waals surface area (Å²) in [4.78, 5) is 9.24. The fourth-order valence-electron chi connectivity index (χ4n) is 3.27. The number of aryl methyl sites for hydroxylation is 1. The standard InChI is InChI=1S/C24H31N5O.HI/c1-4-25-24(28-17-21-11-10-19(2)16-22(21)30-3)27-13-12-23-26-14-15-29(23)18-20-8-6-5-7-9-20;/h5-11,14-16H,4,12-13,17-18H2,1-3H3,(H2,25,27,28);1H. The molecular formula is C24H32IN5O. The van der Waals surface area contributed by atoms with E-state index in [1.807, 2.05) is 24.5 Å². The topological polar surface area (TPSA) is 63.5 Å². The summed E-state index contributed by atoms with van der Waals surface area (Å²) < 4.78 is 7.68. The van der Waals surface area contributed by atoms with E-state index in [0.717, 1.165) is 49.2 Å². The maximum Gasteiger partial charge on any atom is 0.191 e. The number of halogens is 1. The highest BCUT2D eigenvalue weighted by Gasteiger charge is 2.06. The molecule has 3 rings (SSSR count). The minimum absolute atomic E-state index is 0. The Morgan fingerprint density at radius 2 is 1.94 bits per heavy atom. The van der Waals surface area contributed by atoms with Gasteiger partial charge in [0.2, 0.25) is 0 Å². The summed E-state index contributed by atoms with van der Waals surface area (Å²) in [7, 11) is 1.70. The number of imidazole rings is 1. The molecule has 2 N–H and O–H groups in total. The molecule has 0 aliphatic carbocycles. The molecule has 31 heavy (non-hydrogen) atoms. The van der Waals surface area contributed by atoms with Crippen LogP contribution in [0.2, 0.25) is 0 Å². The van der Waals surface area contributed by atoms with E-state index in [4.69, 9.17) is 9.73 Å². The van der Waals surface area contributed by atoms with E-state index in [9.17, 15) is 0 Å². The highest BCUT2D eigenvalue weighted by molar-refractivity contribution is 14.0. The van der Waals surface area contributed by atoms with E-state index < -0.39 is 0 Å². The van der Waals surface area contributed by atoms with Crippen molar-refractivity contribution in [3.63, 3.8) is 0 Å². The van der Waals surface area contributed by atoms with Crippen LogP contribution in [0.25, 0.3) is 0 Å². The van der Waals surface area contributed by atoms with Crippen molar-refractivity contribution in [3.05, 3.63) is 83.4 Å². The first-order chi connectivity index (χ1) is 14.7. The van der Waals surface area contributed by atoms with Crippen LogP contribution in [-0.4, -0.2) is 35.7 Å². The predicted octanol–water partition coefficient (Wildman–Crippen LogP) is 4.16. The molecule has 1 aromatic heterocycles. The first-order valence-corrected chi connectivity index (χ1v) is 10.4. The first-order valence-electron chi connectivity index (χ1n) is 10.4. The number of benzene rings is 2. The maximum absolute atomic E-state index is 5.49. The molecule has 0 spiro atoms. The molecule has 1 heterocycles. The molecule has 0 saturated heterocycles. The number of guanidine groups is 1. The van der Waals surface area contributed by atoms with Crippen LogP contribution >= 0.6 is 24.0 Å². The molecule has 166 valence electrons. The SMILES string of the molecule is CCNC(=NCc1ccc(C)cc1OC)NCCc1nccn1Cc1ccccc1.I. The highest BCUT2D eigenvalue weighted by Crippen LogP contribution is 2.20. The summed E-state index contributed by atoms with van der Waals surface area (Å²) in [6.45, 7) is 7.07. The quantitative estimate of drug-likeness (QED) is 0.246. The summed E-state index contributed by atoms with van der Waals surface area (Å²) in [6.07, 6.45) is 4.71. The third-order valence-corrected chi connectivity index (χ3v) is 4.83. The van der Waals surface area contributed by atoms with Gasteiger partial charge >= 0.3 is 0 Å². The lowest BCUT2D eigenvalue weighted by molar-refractivity contribution is 0.409. The zero-order valence-electron chi connectivity index (χ0n) is 18.5. The number of hydrogen-bond acceptors (Lipinski definition) is 3. The molecular weight excluding hydrogens is 501 g/mol. The van der Waals surface area contributed by atoms with Gasteiger partial charge in [0.05, 0.1) is 13.7 Å². The third kappa shape index (κ3) is 7.57. The monoisotopic (exact) mass is 533 g/mol. The predicted molar refractivity (Wildman–Crippen MR) is 137 cm³/mol. The number of hydrogen-bond donors (Lipinski definition) is 2. The Hall–Kier alpha value is -2.55. The second-order valence-electron chi connectivity index (χ2n) is 7.14. The molecule has 0 saturated carbocycles. The van der Waals surface area contributed by atoms with Crippen LogP contribution in [0.5, 0.6) is 5.75 Å². The number of nitrogens with one attached hydrogen (secondary N) is 2. The zero-order chi connectivity index (χ0) is 21.2. The van der Waals surface area contributed by atoms with Gasteiger partial charge in [0.1, 0.15) is 11.6 Å². The Balaban J connectivity index is 0.00000341. The van der Waals surface area contributed by atoms with E-state index in [1.54, 1.807) is 7.11 Å². The average molecular weight is 533 g/mol.